The van der Waals surface area contributed by atoms with Crippen molar-refractivity contribution in [3.05, 3.63) is 110 Å². The summed E-state index contributed by atoms with van der Waals surface area (Å²) >= 11 is 3.61. The molecule has 0 atom stereocenters. The van der Waals surface area contributed by atoms with Crippen LogP contribution in [-0.2, 0) is 10.0 Å². The molecule has 0 unspecified atom stereocenters. The van der Waals surface area contributed by atoms with E-state index < -0.39 is 21.3 Å². The number of rotatable bonds is 7. The Morgan fingerprint density at radius 1 is 0.872 bits per heavy atom. The van der Waals surface area contributed by atoms with Crippen LogP contribution < -0.4 is 26.0 Å². The fourth-order valence-corrected chi connectivity index (χ4v) is 6.03. The minimum atomic E-state index is -3.75. The molecule has 0 fully saturated rings. The summed E-state index contributed by atoms with van der Waals surface area (Å²) in [4.78, 5) is 26.2. The van der Waals surface area contributed by atoms with Crippen LogP contribution in [0.2, 0.25) is 0 Å². The van der Waals surface area contributed by atoms with Gasteiger partial charge in [0.1, 0.15) is 0 Å². The summed E-state index contributed by atoms with van der Waals surface area (Å²) in [5.41, 5.74) is 2.38. The van der Waals surface area contributed by atoms with Gasteiger partial charge >= 0.3 is 5.69 Å². The molecule has 0 aliphatic heterocycles. The van der Waals surface area contributed by atoms with Crippen LogP contribution in [0.4, 0.5) is 11.4 Å². The maximum absolute atomic E-state index is 12.9. The first-order chi connectivity index (χ1) is 18.7. The van der Waals surface area contributed by atoms with E-state index >= 15 is 0 Å². The Kier molecular flexibility index (Phi) is 7.02. The van der Waals surface area contributed by atoms with Crippen LogP contribution in [0.5, 0.6) is 5.75 Å². The minimum absolute atomic E-state index is 0.170. The summed E-state index contributed by atoms with van der Waals surface area (Å²) in [7, 11) is -0.476. The van der Waals surface area contributed by atoms with E-state index in [9.17, 15) is 18.0 Å². The van der Waals surface area contributed by atoms with E-state index in [0.717, 1.165) is 27.6 Å². The molecule has 0 saturated heterocycles. The highest BCUT2D eigenvalue weighted by Crippen LogP contribution is 2.40. The van der Waals surface area contributed by atoms with Gasteiger partial charge in [0.2, 0.25) is 0 Å². The molecule has 4 aromatic carbocycles. The molecular formula is C28H23BrN4O5S. The van der Waals surface area contributed by atoms with Gasteiger partial charge in [-0.05, 0) is 86.4 Å². The van der Waals surface area contributed by atoms with Crippen molar-refractivity contribution in [2.24, 2.45) is 0 Å². The van der Waals surface area contributed by atoms with E-state index in [1.807, 2.05) is 30.3 Å². The molecule has 1 aromatic heterocycles. The molecule has 0 aliphatic carbocycles. The number of fused-ring (bicyclic) bond motifs is 1. The van der Waals surface area contributed by atoms with Crippen LogP contribution in [0.25, 0.3) is 27.6 Å². The summed E-state index contributed by atoms with van der Waals surface area (Å²) in [6, 6.07) is 22.5. The van der Waals surface area contributed by atoms with Gasteiger partial charge in [0.25, 0.3) is 15.6 Å². The largest absolute Gasteiger partial charge is 0.493 e. The second kappa shape index (κ2) is 10.4. The van der Waals surface area contributed by atoms with Crippen molar-refractivity contribution in [3.8, 4) is 22.6 Å². The van der Waals surface area contributed by atoms with Crippen LogP contribution in [0, 0.1) is 0 Å². The van der Waals surface area contributed by atoms with Crippen LogP contribution in [0.15, 0.2) is 104 Å². The number of aromatic amines is 1. The number of nitrogens with one attached hydrogen (secondary N) is 3. The normalized spacial score (nSPS) is 11.4. The molecule has 0 spiro atoms. The zero-order chi connectivity index (χ0) is 27.7. The fraction of sp³-hybridized carbons (Fsp3) is 0.0714. The maximum atomic E-state index is 12.9. The Bertz CT molecular complexity index is 1930. The van der Waals surface area contributed by atoms with Gasteiger partial charge < -0.3 is 10.1 Å². The molecule has 0 bridgehead atoms. The Morgan fingerprint density at radius 2 is 1.56 bits per heavy atom. The van der Waals surface area contributed by atoms with Gasteiger partial charge in [-0.15, -0.1) is 0 Å². The minimum Gasteiger partial charge on any atom is -0.493 e. The highest BCUT2D eigenvalue weighted by atomic mass is 79.9. The second-order valence-corrected chi connectivity index (χ2v) is 11.1. The van der Waals surface area contributed by atoms with Crippen LogP contribution in [-0.4, -0.2) is 32.1 Å². The number of halogens is 1. The predicted octanol–water partition coefficient (Wildman–Crippen LogP) is 4.96. The lowest BCUT2D eigenvalue weighted by molar-refractivity contribution is 0.410. The Balaban J connectivity index is 1.47. The zero-order valence-corrected chi connectivity index (χ0v) is 23.3. The molecule has 198 valence electrons. The molecule has 3 N–H and O–H groups in total. The van der Waals surface area contributed by atoms with E-state index in [4.69, 9.17) is 4.74 Å². The summed E-state index contributed by atoms with van der Waals surface area (Å²) in [5, 5.41) is 4.72. The molecule has 0 radical (unpaired) electrons. The van der Waals surface area contributed by atoms with E-state index in [0.29, 0.717) is 21.6 Å². The topological polar surface area (TPSA) is 122 Å². The monoisotopic (exact) mass is 606 g/mol. The van der Waals surface area contributed by atoms with E-state index in [1.165, 1.54) is 23.9 Å². The average molecular weight is 607 g/mol. The average Bonchev–Trinajstić information content (AvgIpc) is 2.92. The van der Waals surface area contributed by atoms with Crippen molar-refractivity contribution in [3.63, 3.8) is 0 Å². The van der Waals surface area contributed by atoms with Gasteiger partial charge in [0.05, 0.1) is 22.2 Å². The highest BCUT2D eigenvalue weighted by molar-refractivity contribution is 9.10. The number of methoxy groups -OCH3 is 1. The summed E-state index contributed by atoms with van der Waals surface area (Å²) < 4.78 is 35.9. The maximum Gasteiger partial charge on any atom is 0.333 e. The van der Waals surface area contributed by atoms with Crippen LogP contribution >= 0.6 is 15.9 Å². The van der Waals surface area contributed by atoms with Gasteiger partial charge in [-0.3, -0.25) is 19.1 Å². The first kappa shape index (κ1) is 26.3. The molecule has 0 aliphatic rings. The van der Waals surface area contributed by atoms with Crippen molar-refractivity contribution in [1.29, 1.82) is 0 Å². The van der Waals surface area contributed by atoms with Crippen molar-refractivity contribution in [2.75, 3.05) is 24.2 Å². The van der Waals surface area contributed by atoms with Gasteiger partial charge in [0.15, 0.2) is 5.75 Å². The number of sulfonamides is 1. The number of H-pyrrole nitrogens is 1. The Morgan fingerprint density at radius 3 is 2.26 bits per heavy atom. The molecule has 11 heteroatoms. The lowest BCUT2D eigenvalue weighted by atomic mass is 10.0. The van der Waals surface area contributed by atoms with Crippen molar-refractivity contribution in [1.82, 2.24) is 9.55 Å². The van der Waals surface area contributed by atoms with Gasteiger partial charge in [-0.25, -0.2) is 13.2 Å². The molecule has 39 heavy (non-hydrogen) atoms. The smallest absolute Gasteiger partial charge is 0.333 e. The summed E-state index contributed by atoms with van der Waals surface area (Å²) in [5.74, 6) is 0.425. The predicted molar refractivity (Wildman–Crippen MR) is 157 cm³/mol. The quantitative estimate of drug-likeness (QED) is 0.241. The lowest BCUT2D eigenvalue weighted by Gasteiger charge is -2.16. The van der Waals surface area contributed by atoms with Crippen LogP contribution in [0.3, 0.4) is 0 Å². The van der Waals surface area contributed by atoms with Crippen molar-refractivity contribution in [2.45, 2.75) is 4.90 Å². The second-order valence-electron chi connectivity index (χ2n) is 8.62. The third-order valence-electron chi connectivity index (χ3n) is 6.22. The number of benzene rings is 4. The molecule has 1 heterocycles. The lowest BCUT2D eigenvalue weighted by Crippen LogP contribution is -2.27. The first-order valence-corrected chi connectivity index (χ1v) is 14.0. The Labute approximate surface area is 232 Å². The van der Waals surface area contributed by atoms with Crippen molar-refractivity contribution >= 4 is 48.1 Å². The number of hydrogen-bond donors (Lipinski definition) is 3. The fourth-order valence-electron chi connectivity index (χ4n) is 4.25. The summed E-state index contributed by atoms with van der Waals surface area (Å²) in [6.45, 7) is 0. The molecule has 5 aromatic rings. The number of nitrogens with zero attached hydrogens (tertiary/aromatic N) is 1. The molecule has 0 saturated carbocycles. The third kappa shape index (κ3) is 5.18. The third-order valence-corrected chi connectivity index (χ3v) is 8.41. The van der Waals surface area contributed by atoms with Crippen molar-refractivity contribution < 1.29 is 13.2 Å². The SMILES string of the molecule is CNc1ccc(S(=O)(=O)Nc2ccc3cc(-c4ccc(-n5ccc(=O)[nH]c5=O)c(OC)c4Br)ccc3c2)cc1. The number of hydrogen-bond acceptors (Lipinski definition) is 6. The summed E-state index contributed by atoms with van der Waals surface area (Å²) in [6.07, 6.45) is 1.39. The van der Waals surface area contributed by atoms with E-state index in [-0.39, 0.29) is 4.90 Å². The standard InChI is InChI=1S/C28H23BrN4O5S/c1-30-20-7-9-22(10-8-20)39(36,37)32-21-6-5-17-15-19(4-3-18(17)16-21)23-11-12-24(27(38-2)26(23)29)33-14-13-25(34)31-28(33)35/h3-16,30,32H,1-2H3,(H,31,34,35). The van der Waals surface area contributed by atoms with E-state index in [1.54, 1.807) is 49.5 Å². The molecule has 0 amide bonds. The zero-order valence-electron chi connectivity index (χ0n) is 20.9. The first-order valence-electron chi connectivity index (χ1n) is 11.7. The molecular weight excluding hydrogens is 584 g/mol. The highest BCUT2D eigenvalue weighted by Gasteiger charge is 2.17. The van der Waals surface area contributed by atoms with Gasteiger partial charge in [-0.2, -0.15) is 0 Å². The van der Waals surface area contributed by atoms with Gasteiger partial charge in [0, 0.05) is 30.7 Å². The van der Waals surface area contributed by atoms with E-state index in [2.05, 4.69) is 31.0 Å². The Hall–Kier alpha value is -4.35. The number of anilines is 2. The number of aromatic nitrogens is 2. The molecule has 5 rings (SSSR count). The molecule has 9 nitrogen and oxygen atoms in total. The van der Waals surface area contributed by atoms with Gasteiger partial charge in [-0.1, -0.05) is 24.3 Å². The van der Waals surface area contributed by atoms with Crippen LogP contribution in [0.1, 0.15) is 0 Å². The number of ether oxygens (including phenoxy) is 1.